The van der Waals surface area contributed by atoms with Crippen molar-refractivity contribution in [1.29, 1.82) is 0 Å². The van der Waals surface area contributed by atoms with Crippen LogP contribution in [0, 0.1) is 0 Å². The number of methoxy groups -OCH3 is 1. The van der Waals surface area contributed by atoms with E-state index >= 15 is 0 Å². The summed E-state index contributed by atoms with van der Waals surface area (Å²) in [5.74, 6) is 0.580. The van der Waals surface area contributed by atoms with Crippen LogP contribution in [0.1, 0.15) is 39.2 Å². The second-order valence-corrected chi connectivity index (χ2v) is 7.01. The Hall–Kier alpha value is -1.95. The van der Waals surface area contributed by atoms with E-state index in [0.717, 1.165) is 5.56 Å². The maximum Gasteiger partial charge on any atom is 0.407 e. The van der Waals surface area contributed by atoms with Crippen LogP contribution in [0.3, 0.4) is 0 Å². The maximum atomic E-state index is 11.8. The molecule has 0 unspecified atom stereocenters. The van der Waals surface area contributed by atoms with E-state index in [0.29, 0.717) is 43.1 Å². The molecule has 2 N–H and O–H groups in total. The van der Waals surface area contributed by atoms with Crippen LogP contribution in [0.5, 0.6) is 5.75 Å². The van der Waals surface area contributed by atoms with Crippen molar-refractivity contribution in [2.24, 2.45) is 0 Å². The minimum absolute atomic E-state index is 0.0378. The van der Waals surface area contributed by atoms with Crippen molar-refractivity contribution in [2.45, 2.75) is 45.6 Å². The lowest BCUT2D eigenvalue weighted by atomic mass is 10.1. The quantitative estimate of drug-likeness (QED) is 0.688. The summed E-state index contributed by atoms with van der Waals surface area (Å²) in [4.78, 5) is 23.3. The molecule has 140 valence electrons. The highest BCUT2D eigenvalue weighted by molar-refractivity contribution is 6.32. The summed E-state index contributed by atoms with van der Waals surface area (Å²) in [5, 5.41) is 6.01. The number of halogens is 1. The van der Waals surface area contributed by atoms with Gasteiger partial charge < -0.3 is 20.1 Å². The van der Waals surface area contributed by atoms with Gasteiger partial charge in [-0.25, -0.2) is 4.79 Å². The fourth-order valence-electron chi connectivity index (χ4n) is 2.03. The van der Waals surface area contributed by atoms with Crippen LogP contribution in [-0.4, -0.2) is 37.8 Å². The van der Waals surface area contributed by atoms with Crippen LogP contribution in [-0.2, 0) is 16.0 Å². The second kappa shape index (κ2) is 10.1. The highest BCUT2D eigenvalue weighted by Crippen LogP contribution is 2.25. The first-order chi connectivity index (χ1) is 11.7. The van der Waals surface area contributed by atoms with Gasteiger partial charge in [-0.3, -0.25) is 4.79 Å². The van der Waals surface area contributed by atoms with Crippen LogP contribution in [0.4, 0.5) is 4.79 Å². The van der Waals surface area contributed by atoms with Crippen molar-refractivity contribution < 1.29 is 19.1 Å². The number of ether oxygens (including phenoxy) is 2. The predicted molar refractivity (Wildman–Crippen MR) is 98.2 cm³/mol. The molecule has 7 heteroatoms. The molecule has 0 aliphatic heterocycles. The van der Waals surface area contributed by atoms with Crippen molar-refractivity contribution in [1.82, 2.24) is 10.6 Å². The first-order valence-electron chi connectivity index (χ1n) is 8.27. The first kappa shape index (κ1) is 21.1. The van der Waals surface area contributed by atoms with Gasteiger partial charge in [0, 0.05) is 19.5 Å². The molecule has 25 heavy (non-hydrogen) atoms. The molecule has 6 nitrogen and oxygen atoms in total. The van der Waals surface area contributed by atoms with E-state index in [4.69, 9.17) is 21.1 Å². The fraction of sp³-hybridized carbons (Fsp3) is 0.556. The average Bonchev–Trinajstić information content (AvgIpc) is 2.51. The summed E-state index contributed by atoms with van der Waals surface area (Å²) in [6.45, 7) is 6.37. The number of hydrogen-bond acceptors (Lipinski definition) is 4. The molecule has 0 saturated heterocycles. The number of nitrogens with one attached hydrogen (secondary N) is 2. The lowest BCUT2D eigenvalue weighted by Gasteiger charge is -2.19. The Labute approximate surface area is 154 Å². The minimum Gasteiger partial charge on any atom is -0.495 e. The first-order valence-corrected chi connectivity index (χ1v) is 8.65. The normalized spacial score (nSPS) is 10.9. The van der Waals surface area contributed by atoms with Crippen LogP contribution < -0.4 is 15.4 Å². The Morgan fingerprint density at radius 2 is 1.84 bits per heavy atom. The summed E-state index contributed by atoms with van der Waals surface area (Å²) in [5.41, 5.74) is 0.468. The van der Waals surface area contributed by atoms with Crippen molar-refractivity contribution in [3.8, 4) is 5.75 Å². The highest BCUT2D eigenvalue weighted by atomic mass is 35.5. The predicted octanol–water partition coefficient (Wildman–Crippen LogP) is 3.31. The zero-order valence-electron chi connectivity index (χ0n) is 15.3. The largest absolute Gasteiger partial charge is 0.495 e. The molecule has 1 aromatic rings. The Bertz CT molecular complexity index is 585. The summed E-state index contributed by atoms with van der Waals surface area (Å²) in [6, 6.07) is 5.49. The molecule has 2 amide bonds. The molecule has 0 spiro atoms. The molecular formula is C18H27ClN2O4. The molecule has 1 rings (SSSR count). The topological polar surface area (TPSA) is 76.7 Å². The fourth-order valence-corrected chi connectivity index (χ4v) is 2.31. The van der Waals surface area contributed by atoms with E-state index in [1.807, 2.05) is 26.8 Å². The molecule has 0 aliphatic carbocycles. The van der Waals surface area contributed by atoms with E-state index < -0.39 is 11.7 Å². The molecule has 0 saturated carbocycles. The summed E-state index contributed by atoms with van der Waals surface area (Å²) in [7, 11) is 1.56. The molecular weight excluding hydrogens is 344 g/mol. The monoisotopic (exact) mass is 370 g/mol. The third kappa shape index (κ3) is 9.19. The van der Waals surface area contributed by atoms with Gasteiger partial charge in [0.25, 0.3) is 0 Å². The zero-order valence-corrected chi connectivity index (χ0v) is 16.0. The number of amides is 2. The lowest BCUT2D eigenvalue weighted by molar-refractivity contribution is -0.121. The average molecular weight is 371 g/mol. The molecule has 0 fully saturated rings. The lowest BCUT2D eigenvalue weighted by Crippen LogP contribution is -2.34. The van der Waals surface area contributed by atoms with Gasteiger partial charge in [-0.15, -0.1) is 0 Å². The van der Waals surface area contributed by atoms with Crippen LogP contribution in [0.25, 0.3) is 0 Å². The molecule has 0 bridgehead atoms. The van der Waals surface area contributed by atoms with Gasteiger partial charge in [0.05, 0.1) is 12.1 Å². The van der Waals surface area contributed by atoms with Gasteiger partial charge in [-0.1, -0.05) is 17.7 Å². The number of carbonyl (C=O) groups excluding carboxylic acids is 2. The van der Waals surface area contributed by atoms with Gasteiger partial charge in [0.2, 0.25) is 5.91 Å². The Kier molecular flexibility index (Phi) is 8.55. The number of hydrogen-bond donors (Lipinski definition) is 2. The minimum atomic E-state index is -0.511. The summed E-state index contributed by atoms with van der Waals surface area (Å²) >= 11 is 6.06. The van der Waals surface area contributed by atoms with Crippen LogP contribution in [0.2, 0.25) is 5.02 Å². The summed E-state index contributed by atoms with van der Waals surface area (Å²) < 4.78 is 10.2. The smallest absolute Gasteiger partial charge is 0.407 e. The van der Waals surface area contributed by atoms with Gasteiger partial charge in [0.15, 0.2) is 0 Å². The van der Waals surface area contributed by atoms with E-state index in [2.05, 4.69) is 10.6 Å². The highest BCUT2D eigenvalue weighted by Gasteiger charge is 2.15. The summed E-state index contributed by atoms with van der Waals surface area (Å²) in [6.07, 6.45) is 1.17. The number of aryl methyl sites for hydroxylation is 1. The van der Waals surface area contributed by atoms with Gasteiger partial charge in [-0.2, -0.15) is 0 Å². The van der Waals surface area contributed by atoms with Crippen molar-refractivity contribution in [3.63, 3.8) is 0 Å². The Morgan fingerprint density at radius 3 is 2.44 bits per heavy atom. The van der Waals surface area contributed by atoms with Crippen molar-refractivity contribution >= 4 is 23.6 Å². The van der Waals surface area contributed by atoms with E-state index in [9.17, 15) is 9.59 Å². The number of alkyl carbamates (subject to hydrolysis) is 1. The van der Waals surface area contributed by atoms with Crippen molar-refractivity contribution in [3.05, 3.63) is 28.8 Å². The van der Waals surface area contributed by atoms with E-state index in [1.165, 1.54) is 0 Å². The zero-order chi connectivity index (χ0) is 18.9. The number of rotatable bonds is 8. The van der Waals surface area contributed by atoms with Crippen LogP contribution in [0.15, 0.2) is 18.2 Å². The molecule has 0 radical (unpaired) electrons. The third-order valence-corrected chi connectivity index (χ3v) is 3.50. The molecule has 0 aliphatic rings. The van der Waals surface area contributed by atoms with E-state index in [-0.39, 0.29) is 5.91 Å². The molecule has 1 aromatic carbocycles. The molecule has 0 aromatic heterocycles. The Morgan fingerprint density at radius 1 is 1.16 bits per heavy atom. The van der Waals surface area contributed by atoms with Gasteiger partial charge >= 0.3 is 6.09 Å². The van der Waals surface area contributed by atoms with Gasteiger partial charge in [0.1, 0.15) is 11.4 Å². The number of carbonyl (C=O) groups is 2. The molecule has 0 atom stereocenters. The van der Waals surface area contributed by atoms with Gasteiger partial charge in [-0.05, 0) is 51.3 Å². The second-order valence-electron chi connectivity index (χ2n) is 6.60. The Balaban J connectivity index is 2.17. The maximum absolute atomic E-state index is 11.8. The van der Waals surface area contributed by atoms with Crippen LogP contribution >= 0.6 is 11.6 Å². The SMILES string of the molecule is COc1ccc(CCC(=O)NCCCNC(=O)OC(C)(C)C)cc1Cl. The third-order valence-electron chi connectivity index (χ3n) is 3.20. The van der Waals surface area contributed by atoms with E-state index in [1.54, 1.807) is 19.2 Å². The number of benzene rings is 1. The molecule has 0 heterocycles. The van der Waals surface area contributed by atoms with Crippen molar-refractivity contribution in [2.75, 3.05) is 20.2 Å². The standard InChI is InChI=1S/C18H27ClN2O4/c1-18(2,3)25-17(23)21-11-5-10-20-16(22)9-7-13-6-8-15(24-4)14(19)12-13/h6,8,12H,5,7,9-11H2,1-4H3,(H,20,22)(H,21,23).